The van der Waals surface area contributed by atoms with Gasteiger partial charge in [-0.3, -0.25) is 14.3 Å². The van der Waals surface area contributed by atoms with Crippen molar-refractivity contribution in [1.82, 2.24) is 9.78 Å². The third-order valence-corrected chi connectivity index (χ3v) is 2.95. The van der Waals surface area contributed by atoms with E-state index in [-0.39, 0.29) is 12.5 Å². The summed E-state index contributed by atoms with van der Waals surface area (Å²) >= 11 is 0. The monoisotopic (exact) mass is 286 g/mol. The molecule has 0 saturated heterocycles. The number of nitrogens with zero attached hydrogens (tertiary/aromatic N) is 2. The van der Waals surface area contributed by atoms with Gasteiger partial charge >= 0.3 is 0 Å². The highest BCUT2D eigenvalue weighted by Gasteiger charge is 2.06. The normalized spacial score (nSPS) is 10.3. The molecule has 0 radical (unpaired) electrons. The van der Waals surface area contributed by atoms with E-state index in [1.165, 1.54) is 16.4 Å². The smallest absolute Gasteiger partial charge is 0.239 e. The Bertz CT molecular complexity index is 607. The van der Waals surface area contributed by atoms with Crippen LogP contribution in [0.2, 0.25) is 0 Å². The number of nitrogens with two attached hydrogens (primary N) is 1. The van der Waals surface area contributed by atoms with Gasteiger partial charge in [0.05, 0.1) is 11.9 Å². The van der Waals surface area contributed by atoms with Crippen LogP contribution in [0, 0.1) is 0 Å². The summed E-state index contributed by atoms with van der Waals surface area (Å²) in [5, 5.41) is 6.69. The van der Waals surface area contributed by atoms with Crippen molar-refractivity contribution in [3.63, 3.8) is 0 Å². The standard InChI is InChI=1S/C15H18N4O2/c16-14(20)11-19-10-13(9-17-19)18-15(21)8-4-7-12-5-2-1-3-6-12/h1-3,5-6,9-10H,4,7-8,11H2,(H2,16,20)(H,18,21). The first kappa shape index (κ1) is 14.8. The number of aryl methyl sites for hydroxylation is 1. The Hall–Kier alpha value is -2.63. The molecule has 0 saturated carbocycles. The molecular weight excluding hydrogens is 268 g/mol. The average molecular weight is 286 g/mol. The fraction of sp³-hybridized carbons (Fsp3) is 0.267. The van der Waals surface area contributed by atoms with Gasteiger partial charge in [0.15, 0.2) is 0 Å². The van der Waals surface area contributed by atoms with Crippen molar-refractivity contribution in [2.75, 3.05) is 5.32 Å². The number of hydrogen-bond acceptors (Lipinski definition) is 3. The second kappa shape index (κ2) is 7.23. The molecule has 0 aliphatic heterocycles. The Kier molecular flexibility index (Phi) is 5.09. The first-order valence-electron chi connectivity index (χ1n) is 6.78. The summed E-state index contributed by atoms with van der Waals surface area (Å²) < 4.78 is 1.39. The van der Waals surface area contributed by atoms with Gasteiger partial charge in [-0.1, -0.05) is 30.3 Å². The Morgan fingerprint density at radius 1 is 1.24 bits per heavy atom. The molecular formula is C15H18N4O2. The number of carbonyl (C=O) groups is 2. The number of nitrogens with one attached hydrogen (secondary N) is 1. The lowest BCUT2D eigenvalue weighted by atomic mass is 10.1. The molecule has 2 amide bonds. The molecule has 0 fully saturated rings. The van der Waals surface area contributed by atoms with Crippen LogP contribution in [0.5, 0.6) is 0 Å². The van der Waals surface area contributed by atoms with E-state index in [4.69, 9.17) is 5.73 Å². The summed E-state index contributed by atoms with van der Waals surface area (Å²) in [5.41, 5.74) is 6.86. The summed E-state index contributed by atoms with van der Waals surface area (Å²) in [6, 6.07) is 10.0. The lowest BCUT2D eigenvalue weighted by Crippen LogP contribution is -2.18. The zero-order chi connectivity index (χ0) is 15.1. The SMILES string of the molecule is NC(=O)Cn1cc(NC(=O)CCCc2ccccc2)cn1. The minimum Gasteiger partial charge on any atom is -0.368 e. The van der Waals surface area contributed by atoms with Crippen LogP contribution < -0.4 is 11.1 Å². The van der Waals surface area contributed by atoms with Crippen LogP contribution in [-0.4, -0.2) is 21.6 Å². The molecule has 0 atom stereocenters. The third-order valence-electron chi connectivity index (χ3n) is 2.95. The molecule has 0 aliphatic rings. The molecule has 2 aromatic rings. The molecule has 1 aromatic carbocycles. The van der Waals surface area contributed by atoms with Crippen molar-refractivity contribution in [1.29, 1.82) is 0 Å². The van der Waals surface area contributed by atoms with E-state index in [1.54, 1.807) is 6.20 Å². The predicted molar refractivity (Wildman–Crippen MR) is 79.4 cm³/mol. The number of hydrogen-bond donors (Lipinski definition) is 2. The van der Waals surface area contributed by atoms with Gasteiger partial charge < -0.3 is 11.1 Å². The Balaban J connectivity index is 1.74. The summed E-state index contributed by atoms with van der Waals surface area (Å²) in [7, 11) is 0. The summed E-state index contributed by atoms with van der Waals surface area (Å²) in [6.45, 7) is 0.00385. The highest BCUT2D eigenvalue weighted by atomic mass is 16.2. The summed E-state index contributed by atoms with van der Waals surface area (Å²) in [6.07, 6.45) is 5.17. The van der Waals surface area contributed by atoms with Crippen molar-refractivity contribution in [2.24, 2.45) is 5.73 Å². The number of primary amides is 1. The molecule has 3 N–H and O–H groups in total. The fourth-order valence-corrected chi connectivity index (χ4v) is 2.00. The molecule has 0 spiro atoms. The predicted octanol–water partition coefficient (Wildman–Crippen LogP) is 1.33. The van der Waals surface area contributed by atoms with Gasteiger partial charge in [0, 0.05) is 12.6 Å². The number of aromatic nitrogens is 2. The van der Waals surface area contributed by atoms with Crippen molar-refractivity contribution in [2.45, 2.75) is 25.8 Å². The maximum absolute atomic E-state index is 11.8. The molecule has 1 aromatic heterocycles. The van der Waals surface area contributed by atoms with Crippen molar-refractivity contribution < 1.29 is 9.59 Å². The Morgan fingerprint density at radius 3 is 2.71 bits per heavy atom. The maximum Gasteiger partial charge on any atom is 0.239 e. The van der Waals surface area contributed by atoms with Gasteiger partial charge in [-0.25, -0.2) is 0 Å². The zero-order valence-corrected chi connectivity index (χ0v) is 11.7. The van der Waals surface area contributed by atoms with E-state index in [9.17, 15) is 9.59 Å². The topological polar surface area (TPSA) is 90.0 Å². The number of amides is 2. The van der Waals surface area contributed by atoms with E-state index >= 15 is 0 Å². The fourth-order valence-electron chi connectivity index (χ4n) is 2.00. The van der Waals surface area contributed by atoms with Gasteiger partial charge in [0.1, 0.15) is 6.54 Å². The average Bonchev–Trinajstić information content (AvgIpc) is 2.86. The van der Waals surface area contributed by atoms with Crippen molar-refractivity contribution in [3.8, 4) is 0 Å². The molecule has 6 nitrogen and oxygen atoms in total. The van der Waals surface area contributed by atoms with Crippen LogP contribution in [-0.2, 0) is 22.6 Å². The largest absolute Gasteiger partial charge is 0.368 e. The van der Waals surface area contributed by atoms with Crippen LogP contribution in [0.15, 0.2) is 42.7 Å². The molecule has 0 aliphatic carbocycles. The number of carbonyl (C=O) groups excluding carboxylic acids is 2. The molecule has 21 heavy (non-hydrogen) atoms. The van der Waals surface area contributed by atoms with E-state index in [2.05, 4.69) is 10.4 Å². The zero-order valence-electron chi connectivity index (χ0n) is 11.7. The Morgan fingerprint density at radius 2 is 2.00 bits per heavy atom. The van der Waals surface area contributed by atoms with Gasteiger partial charge in [0.2, 0.25) is 11.8 Å². The molecule has 6 heteroatoms. The van der Waals surface area contributed by atoms with Gasteiger partial charge in [-0.05, 0) is 18.4 Å². The number of benzene rings is 1. The van der Waals surface area contributed by atoms with Crippen molar-refractivity contribution >= 4 is 17.5 Å². The van der Waals surface area contributed by atoms with E-state index in [1.807, 2.05) is 30.3 Å². The molecule has 1 heterocycles. The highest BCUT2D eigenvalue weighted by Crippen LogP contribution is 2.08. The number of anilines is 1. The van der Waals surface area contributed by atoms with Crippen LogP contribution in [0.4, 0.5) is 5.69 Å². The van der Waals surface area contributed by atoms with Crippen LogP contribution in [0.3, 0.4) is 0 Å². The van der Waals surface area contributed by atoms with Crippen LogP contribution in [0.1, 0.15) is 18.4 Å². The first-order chi connectivity index (χ1) is 10.1. The van der Waals surface area contributed by atoms with Crippen LogP contribution in [0.25, 0.3) is 0 Å². The Labute approximate surface area is 122 Å². The highest BCUT2D eigenvalue weighted by molar-refractivity contribution is 5.90. The molecule has 0 unspecified atom stereocenters. The molecule has 110 valence electrons. The molecule has 2 rings (SSSR count). The second-order valence-corrected chi connectivity index (χ2v) is 4.78. The van der Waals surface area contributed by atoms with Crippen LogP contribution >= 0.6 is 0 Å². The summed E-state index contributed by atoms with van der Waals surface area (Å²) in [4.78, 5) is 22.5. The van der Waals surface area contributed by atoms with E-state index in [0.29, 0.717) is 12.1 Å². The number of rotatable bonds is 7. The van der Waals surface area contributed by atoms with Gasteiger partial charge in [0.25, 0.3) is 0 Å². The third kappa shape index (κ3) is 5.10. The maximum atomic E-state index is 11.8. The van der Waals surface area contributed by atoms with Crippen molar-refractivity contribution in [3.05, 3.63) is 48.3 Å². The van der Waals surface area contributed by atoms with Gasteiger partial charge in [-0.2, -0.15) is 5.10 Å². The quantitative estimate of drug-likeness (QED) is 0.804. The minimum atomic E-state index is -0.473. The minimum absolute atomic E-state index is 0.00385. The second-order valence-electron chi connectivity index (χ2n) is 4.78. The molecule has 0 bridgehead atoms. The van der Waals surface area contributed by atoms with E-state index < -0.39 is 5.91 Å². The summed E-state index contributed by atoms with van der Waals surface area (Å²) in [5.74, 6) is -0.539. The lowest BCUT2D eigenvalue weighted by Gasteiger charge is -2.03. The lowest BCUT2D eigenvalue weighted by molar-refractivity contribution is -0.118. The van der Waals surface area contributed by atoms with Gasteiger partial charge in [-0.15, -0.1) is 0 Å². The van der Waals surface area contributed by atoms with E-state index in [0.717, 1.165) is 12.8 Å². The first-order valence-corrected chi connectivity index (χ1v) is 6.78.